The second kappa shape index (κ2) is 9.01. The van der Waals surface area contributed by atoms with E-state index < -0.39 is 17.7 Å². The lowest BCUT2D eigenvalue weighted by atomic mass is 9.87. The van der Waals surface area contributed by atoms with Crippen LogP contribution >= 0.6 is 11.3 Å². The van der Waals surface area contributed by atoms with Gasteiger partial charge in [-0.2, -0.15) is 0 Å². The summed E-state index contributed by atoms with van der Waals surface area (Å²) in [6, 6.07) is 6.94. The highest BCUT2D eigenvalue weighted by molar-refractivity contribution is 7.16. The Kier molecular flexibility index (Phi) is 6.15. The number of primary amides is 1. The summed E-state index contributed by atoms with van der Waals surface area (Å²) in [6.45, 7) is 2.36. The van der Waals surface area contributed by atoms with Crippen LogP contribution in [0.3, 0.4) is 0 Å². The summed E-state index contributed by atoms with van der Waals surface area (Å²) in [7, 11) is 1.66. The molecule has 3 atom stereocenters. The quantitative estimate of drug-likeness (QED) is 0.584. The molecule has 1 aliphatic heterocycles. The van der Waals surface area contributed by atoms with Gasteiger partial charge in [-0.25, -0.2) is 4.98 Å². The topological polar surface area (TPSA) is 128 Å². The number of likely N-dealkylation sites (tertiary alicyclic amines) is 1. The van der Waals surface area contributed by atoms with Crippen LogP contribution in [0, 0.1) is 5.92 Å². The zero-order chi connectivity index (χ0) is 22.8. The zero-order valence-electron chi connectivity index (χ0n) is 17.6. The Bertz CT molecular complexity index is 1180. The number of carbonyl (C=O) groups is 3. The summed E-state index contributed by atoms with van der Waals surface area (Å²) in [4.78, 5) is 47.2. The smallest absolute Gasteiger partial charge is 0.313 e. The fourth-order valence-electron chi connectivity index (χ4n) is 4.04. The van der Waals surface area contributed by atoms with Gasteiger partial charge in [0, 0.05) is 25.8 Å². The number of ether oxygens (including phenoxy) is 1. The van der Waals surface area contributed by atoms with Crippen molar-refractivity contribution < 1.29 is 19.1 Å². The zero-order valence-corrected chi connectivity index (χ0v) is 18.5. The molecule has 3 aromatic rings. The maximum Gasteiger partial charge on any atom is 0.313 e. The third-order valence-corrected chi connectivity index (χ3v) is 6.54. The number of piperidine rings is 1. The molecule has 9 nitrogen and oxygen atoms in total. The number of methoxy groups -OCH3 is 1. The van der Waals surface area contributed by atoms with Crippen LogP contribution in [-0.4, -0.2) is 52.3 Å². The Morgan fingerprint density at radius 2 is 2.06 bits per heavy atom. The molecule has 3 N–H and O–H groups in total. The van der Waals surface area contributed by atoms with Crippen LogP contribution in [0.4, 0.5) is 5.69 Å². The van der Waals surface area contributed by atoms with Crippen molar-refractivity contribution >= 4 is 45.0 Å². The Morgan fingerprint density at radius 3 is 2.81 bits per heavy atom. The number of benzene rings is 1. The summed E-state index contributed by atoms with van der Waals surface area (Å²) < 4.78 is 6.70. The number of amides is 3. The highest BCUT2D eigenvalue weighted by Gasteiger charge is 2.39. The van der Waals surface area contributed by atoms with Gasteiger partial charge in [0.1, 0.15) is 0 Å². The number of thiazole rings is 1. The van der Waals surface area contributed by atoms with Gasteiger partial charge in [0.2, 0.25) is 5.91 Å². The van der Waals surface area contributed by atoms with Crippen LogP contribution in [0.25, 0.3) is 10.2 Å². The van der Waals surface area contributed by atoms with Gasteiger partial charge in [-0.15, -0.1) is 11.3 Å². The number of pyridine rings is 1. The molecule has 3 amide bonds. The molecule has 0 saturated carbocycles. The molecule has 10 heteroatoms. The van der Waals surface area contributed by atoms with E-state index >= 15 is 0 Å². The van der Waals surface area contributed by atoms with Crippen LogP contribution in [-0.2, 0) is 14.3 Å². The molecule has 0 radical (unpaired) electrons. The number of anilines is 1. The molecule has 4 rings (SSSR count). The minimum atomic E-state index is -0.809. The molecule has 2 aromatic heterocycles. The van der Waals surface area contributed by atoms with E-state index in [1.165, 1.54) is 18.5 Å². The van der Waals surface area contributed by atoms with E-state index in [-0.39, 0.29) is 29.3 Å². The summed E-state index contributed by atoms with van der Waals surface area (Å²) >= 11 is 1.55. The monoisotopic (exact) mass is 453 g/mol. The molecule has 1 aromatic carbocycles. The van der Waals surface area contributed by atoms with Gasteiger partial charge in [0.05, 0.1) is 45.3 Å². The molecule has 0 bridgehead atoms. The predicted octanol–water partition coefficient (Wildman–Crippen LogP) is 2.35. The van der Waals surface area contributed by atoms with Crippen molar-refractivity contribution in [3.8, 4) is 0 Å². The molecule has 0 spiro atoms. The minimum Gasteiger partial charge on any atom is -0.381 e. The van der Waals surface area contributed by atoms with E-state index in [0.717, 1.165) is 15.8 Å². The summed E-state index contributed by atoms with van der Waals surface area (Å²) in [5, 5.41) is 2.53. The Labute approximate surface area is 188 Å². The van der Waals surface area contributed by atoms with E-state index in [1.807, 2.05) is 25.1 Å². The van der Waals surface area contributed by atoms with E-state index in [2.05, 4.69) is 15.3 Å². The molecule has 1 saturated heterocycles. The molecule has 1 unspecified atom stereocenters. The van der Waals surface area contributed by atoms with Gasteiger partial charge in [-0.3, -0.25) is 19.4 Å². The molecule has 1 fully saturated rings. The highest BCUT2D eigenvalue weighted by Crippen LogP contribution is 2.36. The fourth-order valence-corrected chi connectivity index (χ4v) is 4.70. The second-order valence-electron chi connectivity index (χ2n) is 7.82. The van der Waals surface area contributed by atoms with Crippen molar-refractivity contribution in [2.45, 2.75) is 25.5 Å². The predicted molar refractivity (Wildman–Crippen MR) is 120 cm³/mol. The van der Waals surface area contributed by atoms with E-state index in [9.17, 15) is 14.4 Å². The molecule has 1 aliphatic rings. The first-order valence-electron chi connectivity index (χ1n) is 10.1. The number of nitrogens with zero attached hydrogens (tertiary/aromatic N) is 3. The third-order valence-electron chi connectivity index (χ3n) is 5.73. The molecule has 3 heterocycles. The number of aromatic nitrogens is 2. The average Bonchev–Trinajstić information content (AvgIpc) is 3.26. The molecule has 166 valence electrons. The van der Waals surface area contributed by atoms with Crippen LogP contribution in [0.5, 0.6) is 0 Å². The number of hydrogen-bond donors (Lipinski definition) is 2. The number of nitrogens with one attached hydrogen (secondary N) is 1. The Hall–Kier alpha value is -3.37. The lowest BCUT2D eigenvalue weighted by Gasteiger charge is -2.42. The SMILES string of the molecule is COC1C[C@@H](c2ccc3scnc3c2)N(C(=O)C(=O)Nc2cncc(C(N)=O)c2)C[C@@H]1C. The number of rotatable bonds is 4. The van der Waals surface area contributed by atoms with Gasteiger partial charge < -0.3 is 20.7 Å². The lowest BCUT2D eigenvalue weighted by Crippen LogP contribution is -2.50. The summed E-state index contributed by atoms with van der Waals surface area (Å²) in [5.41, 5.74) is 9.15. The highest BCUT2D eigenvalue weighted by atomic mass is 32.1. The van der Waals surface area contributed by atoms with Crippen LogP contribution in [0.1, 0.15) is 35.3 Å². The normalized spacial score (nSPS) is 20.8. The Morgan fingerprint density at radius 1 is 1.25 bits per heavy atom. The Balaban J connectivity index is 1.60. The molecular weight excluding hydrogens is 430 g/mol. The van der Waals surface area contributed by atoms with E-state index in [4.69, 9.17) is 10.5 Å². The van der Waals surface area contributed by atoms with Crippen molar-refractivity contribution in [1.82, 2.24) is 14.9 Å². The summed E-state index contributed by atoms with van der Waals surface area (Å²) in [5.74, 6) is -2.10. The third kappa shape index (κ3) is 4.32. The minimum absolute atomic E-state index is 0.0466. The van der Waals surface area contributed by atoms with Crippen LogP contribution < -0.4 is 11.1 Å². The molecular formula is C22H23N5O4S. The van der Waals surface area contributed by atoms with Gasteiger partial charge in [0.15, 0.2) is 0 Å². The number of carbonyl (C=O) groups excluding carboxylic acids is 3. The molecule has 32 heavy (non-hydrogen) atoms. The van der Waals surface area contributed by atoms with Gasteiger partial charge in [-0.05, 0) is 30.2 Å². The van der Waals surface area contributed by atoms with Gasteiger partial charge in [0.25, 0.3) is 0 Å². The van der Waals surface area contributed by atoms with Crippen LogP contribution in [0.15, 0.2) is 42.2 Å². The first-order chi connectivity index (χ1) is 15.4. The van der Waals surface area contributed by atoms with Crippen molar-refractivity contribution in [1.29, 1.82) is 0 Å². The number of hydrogen-bond acceptors (Lipinski definition) is 7. The lowest BCUT2D eigenvalue weighted by molar-refractivity contribution is -0.149. The number of nitrogens with two attached hydrogens (primary N) is 1. The maximum atomic E-state index is 13.2. The summed E-state index contributed by atoms with van der Waals surface area (Å²) in [6.07, 6.45) is 3.16. The first kappa shape index (κ1) is 21.8. The molecule has 0 aliphatic carbocycles. The van der Waals surface area contributed by atoms with Crippen molar-refractivity contribution in [3.05, 3.63) is 53.3 Å². The van der Waals surface area contributed by atoms with E-state index in [0.29, 0.717) is 13.0 Å². The largest absolute Gasteiger partial charge is 0.381 e. The van der Waals surface area contributed by atoms with Crippen LogP contribution in [0.2, 0.25) is 0 Å². The fraction of sp³-hybridized carbons (Fsp3) is 0.318. The van der Waals surface area contributed by atoms with Crippen molar-refractivity contribution in [2.24, 2.45) is 11.7 Å². The second-order valence-corrected chi connectivity index (χ2v) is 8.71. The standard InChI is InChI=1S/C22H23N5O4S/c1-12-10-27(22(30)21(29)26-15-5-14(20(23)28)8-24-9-15)17(7-18(12)31-2)13-3-4-19-16(6-13)25-11-32-19/h3-6,8-9,11-12,17-18H,7,10H2,1-2H3,(H2,23,28)(H,26,29)/t12-,17-,18?/m0/s1. The first-order valence-corrected chi connectivity index (χ1v) is 11.0. The number of fused-ring (bicyclic) bond motifs is 1. The average molecular weight is 454 g/mol. The van der Waals surface area contributed by atoms with E-state index in [1.54, 1.807) is 28.9 Å². The van der Waals surface area contributed by atoms with Crippen molar-refractivity contribution in [3.63, 3.8) is 0 Å². The van der Waals surface area contributed by atoms with Gasteiger partial charge in [-0.1, -0.05) is 13.0 Å². The van der Waals surface area contributed by atoms with Gasteiger partial charge >= 0.3 is 11.8 Å². The maximum absolute atomic E-state index is 13.2. The van der Waals surface area contributed by atoms with Crippen molar-refractivity contribution in [2.75, 3.05) is 19.0 Å².